The van der Waals surface area contributed by atoms with Crippen LogP contribution in [-0.4, -0.2) is 0 Å². The van der Waals surface area contributed by atoms with Crippen molar-refractivity contribution in [2.24, 2.45) is 0 Å². The highest BCUT2D eigenvalue weighted by molar-refractivity contribution is 5.98. The van der Waals surface area contributed by atoms with E-state index >= 15 is 0 Å². The molecule has 0 spiro atoms. The van der Waals surface area contributed by atoms with Crippen LogP contribution >= 0.6 is 12.4 Å². The molecule has 3 aromatic rings. The van der Waals surface area contributed by atoms with E-state index < -0.39 is 0 Å². The van der Waals surface area contributed by atoms with Gasteiger partial charge in [-0.3, -0.25) is 0 Å². The van der Waals surface area contributed by atoms with E-state index in [0.29, 0.717) is 0 Å². The number of anilines is 7. The highest BCUT2D eigenvalue weighted by Crippen LogP contribution is 2.48. The fourth-order valence-corrected chi connectivity index (χ4v) is 2.82. The second-order valence-electron chi connectivity index (χ2n) is 5.35. The maximum Gasteiger partial charge on any atom is 0.0718 e. The Labute approximate surface area is 141 Å². The van der Waals surface area contributed by atoms with Crippen LogP contribution in [0.3, 0.4) is 0 Å². The van der Waals surface area contributed by atoms with E-state index in [1.54, 1.807) is 0 Å². The minimum Gasteiger partial charge on any atom is -0.399 e. The van der Waals surface area contributed by atoms with E-state index in [1.165, 1.54) is 0 Å². The first-order chi connectivity index (χ1) is 10.7. The van der Waals surface area contributed by atoms with Crippen LogP contribution in [0.5, 0.6) is 0 Å². The van der Waals surface area contributed by atoms with Gasteiger partial charge in [-0.2, -0.15) is 0 Å². The molecule has 0 amide bonds. The van der Waals surface area contributed by atoms with Gasteiger partial charge in [0, 0.05) is 17.1 Å². The second-order valence-corrected chi connectivity index (χ2v) is 5.35. The van der Waals surface area contributed by atoms with Crippen LogP contribution in [0.15, 0.2) is 66.7 Å². The van der Waals surface area contributed by atoms with Crippen molar-refractivity contribution in [1.29, 1.82) is 0 Å². The Morgan fingerprint density at radius 2 is 1.39 bits per heavy atom. The Bertz CT molecular complexity index is 849. The number of para-hydroxylation sites is 1. The molecule has 0 saturated carbocycles. The molecule has 3 aromatic carbocycles. The standard InChI is InChI=1S/C18H16N4.ClH/c19-12-7-9-17-16(10-12)21-15-8-6-13(20)11-18(15)22(17)14-4-2-1-3-5-14;/h1-11,21H,19-20H2;1H. The van der Waals surface area contributed by atoms with Gasteiger partial charge in [-0.15, -0.1) is 12.4 Å². The maximum absolute atomic E-state index is 5.99. The van der Waals surface area contributed by atoms with Gasteiger partial charge in [0.15, 0.2) is 0 Å². The molecule has 5 heteroatoms. The molecule has 4 nitrogen and oxygen atoms in total. The number of nitrogens with one attached hydrogen (secondary N) is 1. The summed E-state index contributed by atoms with van der Waals surface area (Å²) in [5.41, 5.74) is 18.6. The Balaban J connectivity index is 0.00000156. The third kappa shape index (κ3) is 2.53. The lowest BCUT2D eigenvalue weighted by Crippen LogP contribution is -2.18. The van der Waals surface area contributed by atoms with Crippen LogP contribution < -0.4 is 21.7 Å². The van der Waals surface area contributed by atoms with Gasteiger partial charge >= 0.3 is 0 Å². The normalized spacial score (nSPS) is 11.7. The summed E-state index contributed by atoms with van der Waals surface area (Å²) in [7, 11) is 0. The van der Waals surface area contributed by atoms with Gasteiger partial charge in [0.1, 0.15) is 0 Å². The number of halogens is 1. The largest absolute Gasteiger partial charge is 0.399 e. The average Bonchev–Trinajstić information content (AvgIpc) is 2.53. The van der Waals surface area contributed by atoms with Gasteiger partial charge in [0.2, 0.25) is 0 Å². The Hall–Kier alpha value is -2.85. The van der Waals surface area contributed by atoms with Crippen molar-refractivity contribution in [3.8, 4) is 0 Å². The number of benzene rings is 3. The molecule has 0 saturated heterocycles. The van der Waals surface area contributed by atoms with Crippen molar-refractivity contribution in [1.82, 2.24) is 0 Å². The molecular formula is C18H17ClN4. The molecule has 0 unspecified atom stereocenters. The van der Waals surface area contributed by atoms with E-state index in [0.717, 1.165) is 39.8 Å². The highest BCUT2D eigenvalue weighted by Gasteiger charge is 2.24. The van der Waals surface area contributed by atoms with Crippen molar-refractivity contribution in [3.63, 3.8) is 0 Å². The van der Waals surface area contributed by atoms with Crippen molar-refractivity contribution in [3.05, 3.63) is 66.7 Å². The van der Waals surface area contributed by atoms with Crippen LogP contribution in [-0.2, 0) is 0 Å². The van der Waals surface area contributed by atoms with Crippen molar-refractivity contribution < 1.29 is 0 Å². The molecule has 1 aliphatic heterocycles. The summed E-state index contributed by atoms with van der Waals surface area (Å²) in [6, 6.07) is 22.0. The summed E-state index contributed by atoms with van der Waals surface area (Å²) in [6.07, 6.45) is 0. The molecular weight excluding hydrogens is 308 g/mol. The summed E-state index contributed by atoms with van der Waals surface area (Å²) in [6.45, 7) is 0. The summed E-state index contributed by atoms with van der Waals surface area (Å²) in [5.74, 6) is 0. The predicted molar refractivity (Wildman–Crippen MR) is 100 cm³/mol. The molecule has 0 atom stereocenters. The molecule has 0 aliphatic carbocycles. The van der Waals surface area contributed by atoms with Gasteiger partial charge < -0.3 is 21.7 Å². The van der Waals surface area contributed by atoms with Gasteiger partial charge in [0.05, 0.1) is 22.7 Å². The number of rotatable bonds is 1. The minimum atomic E-state index is 0. The number of hydrogen-bond donors (Lipinski definition) is 3. The number of nitrogens with zero attached hydrogens (tertiary/aromatic N) is 1. The van der Waals surface area contributed by atoms with Gasteiger partial charge in [-0.05, 0) is 48.5 Å². The third-order valence-electron chi connectivity index (χ3n) is 3.81. The summed E-state index contributed by atoms with van der Waals surface area (Å²) >= 11 is 0. The third-order valence-corrected chi connectivity index (χ3v) is 3.81. The molecule has 0 aromatic heterocycles. The van der Waals surface area contributed by atoms with Crippen LogP contribution in [0, 0.1) is 0 Å². The molecule has 1 aliphatic rings. The van der Waals surface area contributed by atoms with E-state index in [-0.39, 0.29) is 12.4 Å². The lowest BCUT2D eigenvalue weighted by Gasteiger charge is -2.34. The zero-order valence-electron chi connectivity index (χ0n) is 12.4. The topological polar surface area (TPSA) is 67.3 Å². The van der Waals surface area contributed by atoms with Gasteiger partial charge in [0.25, 0.3) is 0 Å². The molecule has 0 bridgehead atoms. The molecule has 5 N–H and O–H groups in total. The van der Waals surface area contributed by atoms with Crippen LogP contribution in [0.4, 0.5) is 39.8 Å². The zero-order chi connectivity index (χ0) is 15.1. The highest BCUT2D eigenvalue weighted by atomic mass is 35.5. The number of hydrogen-bond acceptors (Lipinski definition) is 4. The van der Waals surface area contributed by atoms with Crippen molar-refractivity contribution in [2.75, 3.05) is 21.7 Å². The van der Waals surface area contributed by atoms with E-state index in [1.807, 2.05) is 54.6 Å². The molecule has 23 heavy (non-hydrogen) atoms. The van der Waals surface area contributed by atoms with Crippen LogP contribution in [0.2, 0.25) is 0 Å². The second kappa shape index (κ2) is 5.74. The quantitative estimate of drug-likeness (QED) is 0.440. The summed E-state index contributed by atoms with van der Waals surface area (Å²) in [5, 5.41) is 3.43. The van der Waals surface area contributed by atoms with Crippen molar-refractivity contribution in [2.45, 2.75) is 0 Å². The fraction of sp³-hybridized carbons (Fsp3) is 0. The van der Waals surface area contributed by atoms with Crippen LogP contribution in [0.25, 0.3) is 0 Å². The van der Waals surface area contributed by atoms with Crippen LogP contribution in [0.1, 0.15) is 0 Å². The summed E-state index contributed by atoms with van der Waals surface area (Å²) in [4.78, 5) is 2.19. The van der Waals surface area contributed by atoms with E-state index in [2.05, 4.69) is 22.3 Å². The average molecular weight is 325 g/mol. The smallest absolute Gasteiger partial charge is 0.0718 e. The zero-order valence-corrected chi connectivity index (χ0v) is 13.2. The molecule has 4 rings (SSSR count). The van der Waals surface area contributed by atoms with E-state index in [4.69, 9.17) is 11.5 Å². The number of nitrogen functional groups attached to an aromatic ring is 2. The van der Waals surface area contributed by atoms with Crippen molar-refractivity contribution >= 4 is 52.2 Å². The molecule has 0 fully saturated rings. The van der Waals surface area contributed by atoms with Gasteiger partial charge in [-0.1, -0.05) is 18.2 Å². The van der Waals surface area contributed by atoms with E-state index in [9.17, 15) is 0 Å². The minimum absolute atomic E-state index is 0. The Morgan fingerprint density at radius 3 is 2.17 bits per heavy atom. The first-order valence-corrected chi connectivity index (χ1v) is 7.13. The maximum atomic E-state index is 5.99. The molecule has 1 heterocycles. The summed E-state index contributed by atoms with van der Waals surface area (Å²) < 4.78 is 0. The predicted octanol–water partition coefficient (Wildman–Crippen LogP) is 4.80. The van der Waals surface area contributed by atoms with Gasteiger partial charge in [-0.25, -0.2) is 0 Å². The monoisotopic (exact) mass is 324 g/mol. The lowest BCUT2D eigenvalue weighted by molar-refractivity contribution is 1.25. The Morgan fingerprint density at radius 1 is 0.696 bits per heavy atom. The number of fused-ring (bicyclic) bond motifs is 2. The SMILES string of the molecule is Cl.Nc1ccc2c(c1)Nc1ccc(N)cc1N2c1ccccc1. The lowest BCUT2D eigenvalue weighted by atomic mass is 10.1. The first kappa shape index (κ1) is 15.1. The molecule has 116 valence electrons. The fourth-order valence-electron chi connectivity index (χ4n) is 2.82. The Kier molecular flexibility index (Phi) is 3.76. The molecule has 0 radical (unpaired) electrons. The number of nitrogens with two attached hydrogens (primary N) is 2. The first-order valence-electron chi connectivity index (χ1n) is 7.13.